The molecule has 136 valence electrons. The van der Waals surface area contributed by atoms with Crippen LogP contribution in [0, 0.1) is 5.82 Å². The molecule has 0 unspecified atom stereocenters. The van der Waals surface area contributed by atoms with E-state index >= 15 is 0 Å². The number of sulfonamides is 1. The summed E-state index contributed by atoms with van der Waals surface area (Å²) in [5.41, 5.74) is 1.03. The highest BCUT2D eigenvalue weighted by atomic mass is 32.2. The van der Waals surface area contributed by atoms with Crippen molar-refractivity contribution in [2.75, 3.05) is 31.1 Å². The average Bonchev–Trinajstić information content (AvgIpc) is 3.13. The predicted octanol–water partition coefficient (Wildman–Crippen LogP) is 1.41. The van der Waals surface area contributed by atoms with Crippen LogP contribution >= 0.6 is 0 Å². The van der Waals surface area contributed by atoms with Crippen LogP contribution in [-0.4, -0.2) is 54.0 Å². The molecule has 3 heterocycles. The minimum absolute atomic E-state index is 0.189. The summed E-state index contributed by atoms with van der Waals surface area (Å²) in [7, 11) is -3.47. The number of fused-ring (bicyclic) bond motifs is 1. The van der Waals surface area contributed by atoms with Gasteiger partial charge in [0.05, 0.1) is 11.2 Å². The Morgan fingerprint density at radius 3 is 2.65 bits per heavy atom. The van der Waals surface area contributed by atoms with Crippen molar-refractivity contribution < 1.29 is 17.3 Å². The Labute approximate surface area is 149 Å². The molecule has 26 heavy (non-hydrogen) atoms. The van der Waals surface area contributed by atoms with E-state index in [0.717, 1.165) is 0 Å². The first-order valence-electron chi connectivity index (χ1n) is 8.05. The molecule has 0 atom stereocenters. The van der Waals surface area contributed by atoms with Crippen molar-refractivity contribution in [1.29, 1.82) is 0 Å². The number of benzene rings is 1. The molecule has 0 saturated carbocycles. The van der Waals surface area contributed by atoms with E-state index in [0.29, 0.717) is 48.6 Å². The van der Waals surface area contributed by atoms with Gasteiger partial charge >= 0.3 is 0 Å². The quantitative estimate of drug-likeness (QED) is 0.679. The first-order valence-corrected chi connectivity index (χ1v) is 9.66. The number of hydrogen-bond acceptors (Lipinski definition) is 7. The van der Waals surface area contributed by atoms with Crippen LogP contribution in [0.25, 0.3) is 10.9 Å². The van der Waals surface area contributed by atoms with E-state index in [2.05, 4.69) is 19.6 Å². The second-order valence-electron chi connectivity index (χ2n) is 5.99. The van der Waals surface area contributed by atoms with Crippen LogP contribution in [0.4, 0.5) is 10.2 Å². The lowest BCUT2D eigenvalue weighted by Gasteiger charge is -2.34. The van der Waals surface area contributed by atoms with Crippen molar-refractivity contribution in [2.45, 2.75) is 5.75 Å². The number of anilines is 1. The fraction of sp³-hybridized carbons (Fsp3) is 0.312. The molecule has 0 radical (unpaired) electrons. The molecule has 10 heteroatoms. The molecule has 3 aromatic rings. The molecule has 2 aromatic heterocycles. The summed E-state index contributed by atoms with van der Waals surface area (Å²) in [5.74, 6) is 0.0657. The Hall–Kier alpha value is -2.59. The van der Waals surface area contributed by atoms with Crippen molar-refractivity contribution in [3.05, 3.63) is 48.4 Å². The van der Waals surface area contributed by atoms with Gasteiger partial charge in [0.25, 0.3) is 0 Å². The molecule has 8 nitrogen and oxygen atoms in total. The Balaban J connectivity index is 1.51. The van der Waals surface area contributed by atoms with Gasteiger partial charge in [0.2, 0.25) is 10.0 Å². The third-order valence-electron chi connectivity index (χ3n) is 4.33. The zero-order chi connectivity index (χ0) is 18.1. The van der Waals surface area contributed by atoms with Crippen LogP contribution in [0.5, 0.6) is 0 Å². The molecule has 1 saturated heterocycles. The highest BCUT2D eigenvalue weighted by Crippen LogP contribution is 2.25. The van der Waals surface area contributed by atoms with E-state index < -0.39 is 10.0 Å². The first-order chi connectivity index (χ1) is 12.5. The average molecular weight is 377 g/mol. The number of hydrogen-bond donors (Lipinski definition) is 0. The Morgan fingerprint density at radius 2 is 1.92 bits per heavy atom. The van der Waals surface area contributed by atoms with Crippen LogP contribution < -0.4 is 4.90 Å². The van der Waals surface area contributed by atoms with Gasteiger partial charge in [0, 0.05) is 37.6 Å². The van der Waals surface area contributed by atoms with E-state index in [1.54, 1.807) is 6.07 Å². The second kappa shape index (κ2) is 6.61. The van der Waals surface area contributed by atoms with Gasteiger partial charge in [-0.05, 0) is 18.2 Å². The summed E-state index contributed by atoms with van der Waals surface area (Å²) in [4.78, 5) is 10.4. The van der Waals surface area contributed by atoms with Crippen LogP contribution in [-0.2, 0) is 15.8 Å². The molecule has 0 amide bonds. The fourth-order valence-corrected chi connectivity index (χ4v) is 4.46. The predicted molar refractivity (Wildman–Crippen MR) is 92.4 cm³/mol. The number of aromatic nitrogens is 3. The maximum absolute atomic E-state index is 13.6. The maximum atomic E-state index is 13.6. The Kier molecular flexibility index (Phi) is 4.29. The normalized spacial score (nSPS) is 16.3. The van der Waals surface area contributed by atoms with Gasteiger partial charge in [-0.25, -0.2) is 22.8 Å². The van der Waals surface area contributed by atoms with E-state index in [-0.39, 0.29) is 11.6 Å². The zero-order valence-corrected chi connectivity index (χ0v) is 14.6. The number of piperazine rings is 1. The van der Waals surface area contributed by atoms with Gasteiger partial charge in [-0.15, -0.1) is 0 Å². The standard InChI is InChI=1S/C16H16FN5O3S/c17-12-1-2-15-14(9-12)16(19-11-18-15)21-4-6-22(7-5-21)26(23,24)10-13-3-8-25-20-13/h1-3,8-9,11H,4-7,10H2. The lowest BCUT2D eigenvalue weighted by Crippen LogP contribution is -2.49. The van der Waals surface area contributed by atoms with Gasteiger partial charge in [-0.1, -0.05) is 5.16 Å². The van der Waals surface area contributed by atoms with Crippen LogP contribution in [0.2, 0.25) is 0 Å². The molecule has 0 spiro atoms. The smallest absolute Gasteiger partial charge is 0.220 e. The molecule has 0 aliphatic carbocycles. The van der Waals surface area contributed by atoms with Crippen molar-refractivity contribution >= 4 is 26.7 Å². The summed E-state index contributed by atoms with van der Waals surface area (Å²) in [5, 5.41) is 4.27. The van der Waals surface area contributed by atoms with Gasteiger partial charge < -0.3 is 9.42 Å². The van der Waals surface area contributed by atoms with Crippen molar-refractivity contribution in [3.8, 4) is 0 Å². The van der Waals surface area contributed by atoms with E-state index in [4.69, 9.17) is 0 Å². The fourth-order valence-electron chi connectivity index (χ4n) is 3.04. The molecule has 4 rings (SSSR count). The molecular formula is C16H16FN5O3S. The molecule has 0 N–H and O–H groups in total. The summed E-state index contributed by atoms with van der Waals surface area (Å²) in [6.45, 7) is 1.56. The van der Waals surface area contributed by atoms with Crippen LogP contribution in [0.1, 0.15) is 5.69 Å². The monoisotopic (exact) mass is 377 g/mol. The van der Waals surface area contributed by atoms with Gasteiger partial charge in [-0.3, -0.25) is 0 Å². The van der Waals surface area contributed by atoms with Gasteiger partial charge in [0.1, 0.15) is 30.0 Å². The minimum atomic E-state index is -3.47. The number of nitrogens with zero attached hydrogens (tertiary/aromatic N) is 5. The summed E-state index contributed by atoms with van der Waals surface area (Å²) < 4.78 is 44.7. The lowest BCUT2D eigenvalue weighted by molar-refractivity contribution is 0.381. The molecule has 0 bridgehead atoms. The summed E-state index contributed by atoms with van der Waals surface area (Å²) in [6, 6.07) is 5.90. The molecule has 1 fully saturated rings. The second-order valence-corrected chi connectivity index (χ2v) is 7.96. The first kappa shape index (κ1) is 16.9. The number of halogens is 1. The summed E-state index contributed by atoms with van der Waals surface area (Å²) in [6.07, 6.45) is 2.78. The van der Waals surface area contributed by atoms with Gasteiger partial charge in [0.15, 0.2) is 0 Å². The van der Waals surface area contributed by atoms with Crippen molar-refractivity contribution in [2.24, 2.45) is 0 Å². The largest absolute Gasteiger partial charge is 0.364 e. The Bertz CT molecular complexity index is 1020. The summed E-state index contributed by atoms with van der Waals surface area (Å²) >= 11 is 0. The van der Waals surface area contributed by atoms with E-state index in [1.165, 1.54) is 35.1 Å². The zero-order valence-electron chi connectivity index (χ0n) is 13.7. The highest BCUT2D eigenvalue weighted by molar-refractivity contribution is 7.88. The highest BCUT2D eigenvalue weighted by Gasteiger charge is 2.29. The van der Waals surface area contributed by atoms with E-state index in [1.807, 2.05) is 4.90 Å². The maximum Gasteiger partial charge on any atom is 0.220 e. The van der Waals surface area contributed by atoms with Crippen molar-refractivity contribution in [3.63, 3.8) is 0 Å². The third-order valence-corrected chi connectivity index (χ3v) is 6.14. The molecule has 1 aliphatic heterocycles. The minimum Gasteiger partial charge on any atom is -0.364 e. The third kappa shape index (κ3) is 3.25. The topological polar surface area (TPSA) is 92.4 Å². The van der Waals surface area contributed by atoms with Crippen LogP contribution in [0.3, 0.4) is 0 Å². The SMILES string of the molecule is O=S(=O)(Cc1ccon1)N1CCN(c2ncnc3ccc(F)cc23)CC1. The van der Waals surface area contributed by atoms with Crippen LogP contribution in [0.15, 0.2) is 41.4 Å². The van der Waals surface area contributed by atoms with E-state index in [9.17, 15) is 12.8 Å². The number of rotatable bonds is 4. The molecule has 1 aliphatic rings. The van der Waals surface area contributed by atoms with Crippen molar-refractivity contribution in [1.82, 2.24) is 19.4 Å². The molecular weight excluding hydrogens is 361 g/mol. The Morgan fingerprint density at radius 1 is 1.12 bits per heavy atom. The van der Waals surface area contributed by atoms with Gasteiger partial charge in [-0.2, -0.15) is 4.31 Å². The molecule has 1 aromatic carbocycles. The lowest BCUT2D eigenvalue weighted by atomic mass is 10.2.